The molecule has 0 unspecified atom stereocenters. The maximum absolute atomic E-state index is 5.80. The summed E-state index contributed by atoms with van der Waals surface area (Å²) in [5, 5.41) is 7.08. The van der Waals surface area contributed by atoms with Crippen LogP contribution in [0, 0.1) is 0 Å². The first kappa shape index (κ1) is 20.8. The molecule has 0 atom stereocenters. The molecule has 1 aromatic heterocycles. The van der Waals surface area contributed by atoms with E-state index in [0.29, 0.717) is 18.3 Å². The molecule has 146 valence electrons. The largest absolute Gasteiger partial charge is 0.493 e. The number of hydrogen-bond donors (Lipinski definition) is 2. The van der Waals surface area contributed by atoms with Crippen molar-refractivity contribution in [3.63, 3.8) is 0 Å². The highest BCUT2D eigenvalue weighted by molar-refractivity contribution is 6.29. The number of nitrogens with one attached hydrogen (secondary N) is 2. The van der Waals surface area contributed by atoms with Crippen molar-refractivity contribution in [3.8, 4) is 11.5 Å². The number of halogens is 1. The summed E-state index contributed by atoms with van der Waals surface area (Å²) in [7, 11) is 3.41. The van der Waals surface area contributed by atoms with Crippen molar-refractivity contribution in [3.05, 3.63) is 52.8 Å². The molecular formula is C20H27ClN4O2. The quantitative estimate of drug-likeness (QED) is 0.297. The summed E-state index contributed by atoms with van der Waals surface area (Å²) >= 11 is 5.80. The Morgan fingerprint density at radius 3 is 2.63 bits per heavy atom. The third kappa shape index (κ3) is 6.98. The zero-order valence-corrected chi connectivity index (χ0v) is 16.8. The lowest BCUT2D eigenvalue weighted by molar-refractivity contribution is 0.310. The van der Waals surface area contributed by atoms with Gasteiger partial charge in [-0.2, -0.15) is 0 Å². The van der Waals surface area contributed by atoms with E-state index in [-0.39, 0.29) is 0 Å². The Labute approximate surface area is 166 Å². The van der Waals surface area contributed by atoms with E-state index < -0.39 is 0 Å². The molecule has 0 aliphatic carbocycles. The van der Waals surface area contributed by atoms with E-state index in [2.05, 4.69) is 26.7 Å². The van der Waals surface area contributed by atoms with Gasteiger partial charge in [-0.15, -0.1) is 0 Å². The van der Waals surface area contributed by atoms with Gasteiger partial charge in [0.15, 0.2) is 17.5 Å². The van der Waals surface area contributed by atoms with Crippen molar-refractivity contribution < 1.29 is 9.47 Å². The van der Waals surface area contributed by atoms with Crippen LogP contribution in [0.15, 0.2) is 41.5 Å². The predicted octanol–water partition coefficient (Wildman–Crippen LogP) is 3.44. The average molecular weight is 391 g/mol. The van der Waals surface area contributed by atoms with Gasteiger partial charge in [0.25, 0.3) is 0 Å². The van der Waals surface area contributed by atoms with Gasteiger partial charge in [-0.3, -0.25) is 4.99 Å². The maximum Gasteiger partial charge on any atom is 0.191 e. The molecule has 27 heavy (non-hydrogen) atoms. The smallest absolute Gasteiger partial charge is 0.191 e. The lowest BCUT2D eigenvalue weighted by atomic mass is 10.1. The molecule has 1 aromatic carbocycles. The van der Waals surface area contributed by atoms with Crippen molar-refractivity contribution in [1.82, 2.24) is 15.6 Å². The van der Waals surface area contributed by atoms with Gasteiger partial charge >= 0.3 is 0 Å². The lowest BCUT2D eigenvalue weighted by Gasteiger charge is -2.13. The number of aryl methyl sites for hydroxylation is 1. The van der Waals surface area contributed by atoms with Crippen LogP contribution in [-0.4, -0.2) is 38.3 Å². The fraction of sp³-hybridized carbons (Fsp3) is 0.400. The number of rotatable bonds is 9. The summed E-state index contributed by atoms with van der Waals surface area (Å²) in [6.07, 6.45) is 3.67. The molecule has 1 heterocycles. The van der Waals surface area contributed by atoms with Crippen LogP contribution in [0.3, 0.4) is 0 Å². The fourth-order valence-corrected chi connectivity index (χ4v) is 2.67. The molecule has 0 saturated heterocycles. The third-order valence-electron chi connectivity index (χ3n) is 3.93. The molecule has 0 aliphatic rings. The molecule has 2 aromatic rings. The van der Waals surface area contributed by atoms with E-state index in [1.54, 1.807) is 26.4 Å². The molecule has 0 fully saturated rings. The Morgan fingerprint density at radius 2 is 1.96 bits per heavy atom. The zero-order valence-electron chi connectivity index (χ0n) is 16.1. The van der Waals surface area contributed by atoms with Crippen LogP contribution in [0.5, 0.6) is 11.5 Å². The molecule has 6 nitrogen and oxygen atoms in total. The van der Waals surface area contributed by atoms with Crippen molar-refractivity contribution in [2.24, 2.45) is 4.99 Å². The highest BCUT2D eigenvalue weighted by Gasteiger charge is 2.05. The predicted molar refractivity (Wildman–Crippen MR) is 110 cm³/mol. The SMILES string of the molecule is CCOc1cc(CCCNC(=NC)NCc2ccc(Cl)nc2)ccc1OC. The van der Waals surface area contributed by atoms with Crippen molar-refractivity contribution >= 4 is 17.6 Å². The number of ether oxygens (including phenoxy) is 2. The molecule has 0 bridgehead atoms. The number of pyridine rings is 1. The Balaban J connectivity index is 1.76. The van der Waals surface area contributed by atoms with Crippen LogP contribution in [0.4, 0.5) is 0 Å². The molecule has 7 heteroatoms. The van der Waals surface area contributed by atoms with Gasteiger partial charge in [-0.25, -0.2) is 4.98 Å². The van der Waals surface area contributed by atoms with Crippen LogP contribution in [0.25, 0.3) is 0 Å². The summed E-state index contributed by atoms with van der Waals surface area (Å²) < 4.78 is 11.0. The van der Waals surface area contributed by atoms with Crippen LogP contribution < -0.4 is 20.1 Å². The number of methoxy groups -OCH3 is 1. The number of aliphatic imine (C=N–C) groups is 1. The van der Waals surface area contributed by atoms with Gasteiger partial charge in [0, 0.05) is 26.3 Å². The Kier molecular flexibility index (Phi) is 8.71. The van der Waals surface area contributed by atoms with Crippen LogP contribution in [-0.2, 0) is 13.0 Å². The molecule has 2 rings (SSSR count). The van der Waals surface area contributed by atoms with Crippen LogP contribution >= 0.6 is 11.6 Å². The normalized spacial score (nSPS) is 11.2. The standard InChI is InChI=1S/C20H27ClN4O2/c1-4-27-18-12-15(7-9-17(18)26-3)6-5-11-23-20(22-2)25-14-16-8-10-19(21)24-13-16/h7-10,12-13H,4-6,11,14H2,1-3H3,(H2,22,23,25). The fourth-order valence-electron chi connectivity index (χ4n) is 2.56. The number of benzene rings is 1. The second-order valence-electron chi connectivity index (χ2n) is 5.86. The minimum Gasteiger partial charge on any atom is -0.493 e. The van der Waals surface area contributed by atoms with Gasteiger partial charge in [0.2, 0.25) is 0 Å². The van der Waals surface area contributed by atoms with Gasteiger partial charge in [0.1, 0.15) is 5.15 Å². The van der Waals surface area contributed by atoms with E-state index in [1.165, 1.54) is 5.56 Å². The Bertz CT molecular complexity index is 735. The van der Waals surface area contributed by atoms with Crippen molar-refractivity contribution in [1.29, 1.82) is 0 Å². The number of hydrogen-bond acceptors (Lipinski definition) is 4. The summed E-state index contributed by atoms with van der Waals surface area (Å²) in [6, 6.07) is 9.79. The van der Waals surface area contributed by atoms with E-state index >= 15 is 0 Å². The summed E-state index contributed by atoms with van der Waals surface area (Å²) in [5.74, 6) is 2.31. The Hall–Kier alpha value is -2.47. The summed E-state index contributed by atoms with van der Waals surface area (Å²) in [6.45, 7) is 4.04. The number of aromatic nitrogens is 1. The lowest BCUT2D eigenvalue weighted by Crippen LogP contribution is -2.37. The average Bonchev–Trinajstić information content (AvgIpc) is 2.69. The number of guanidine groups is 1. The van der Waals surface area contributed by atoms with E-state index in [9.17, 15) is 0 Å². The Morgan fingerprint density at radius 1 is 1.15 bits per heavy atom. The van der Waals surface area contributed by atoms with Gasteiger partial charge in [0.05, 0.1) is 13.7 Å². The van der Waals surface area contributed by atoms with Crippen molar-refractivity contribution in [2.75, 3.05) is 27.3 Å². The van der Waals surface area contributed by atoms with Gasteiger partial charge in [-0.05, 0) is 49.1 Å². The first-order valence-electron chi connectivity index (χ1n) is 9.01. The zero-order chi connectivity index (χ0) is 19.5. The van der Waals surface area contributed by atoms with Crippen molar-refractivity contribution in [2.45, 2.75) is 26.3 Å². The molecule has 0 saturated carbocycles. The summed E-state index contributed by atoms with van der Waals surface area (Å²) in [5.41, 5.74) is 2.26. The van der Waals surface area contributed by atoms with E-state index in [0.717, 1.165) is 42.4 Å². The van der Waals surface area contributed by atoms with E-state index in [4.69, 9.17) is 21.1 Å². The second-order valence-corrected chi connectivity index (χ2v) is 6.25. The van der Waals surface area contributed by atoms with Crippen LogP contribution in [0.1, 0.15) is 24.5 Å². The molecule has 0 amide bonds. The molecule has 0 aliphatic heterocycles. The molecular weight excluding hydrogens is 364 g/mol. The first-order chi connectivity index (χ1) is 13.2. The minimum atomic E-state index is 0.493. The van der Waals surface area contributed by atoms with Crippen LogP contribution in [0.2, 0.25) is 5.15 Å². The minimum absolute atomic E-state index is 0.493. The highest BCUT2D eigenvalue weighted by Crippen LogP contribution is 2.28. The maximum atomic E-state index is 5.80. The monoisotopic (exact) mass is 390 g/mol. The first-order valence-corrected chi connectivity index (χ1v) is 9.38. The van der Waals surface area contributed by atoms with Gasteiger partial charge in [-0.1, -0.05) is 23.7 Å². The second kappa shape index (κ2) is 11.3. The summed E-state index contributed by atoms with van der Waals surface area (Å²) in [4.78, 5) is 8.31. The topological polar surface area (TPSA) is 67.8 Å². The highest BCUT2D eigenvalue weighted by atomic mass is 35.5. The molecule has 2 N–H and O–H groups in total. The third-order valence-corrected chi connectivity index (χ3v) is 4.16. The molecule has 0 spiro atoms. The van der Waals surface area contributed by atoms with Gasteiger partial charge < -0.3 is 20.1 Å². The number of nitrogens with zero attached hydrogens (tertiary/aromatic N) is 2. The van der Waals surface area contributed by atoms with E-state index in [1.807, 2.05) is 25.1 Å². The molecule has 0 radical (unpaired) electrons.